The van der Waals surface area contributed by atoms with Crippen LogP contribution in [0, 0.1) is 0 Å². The van der Waals surface area contributed by atoms with Crippen LogP contribution in [0.25, 0.3) is 22.5 Å². The van der Waals surface area contributed by atoms with Crippen molar-refractivity contribution in [3.8, 4) is 22.5 Å². The predicted molar refractivity (Wildman–Crippen MR) is 131 cm³/mol. The lowest BCUT2D eigenvalue weighted by Crippen LogP contribution is -2.19. The van der Waals surface area contributed by atoms with E-state index in [1.165, 1.54) is 6.39 Å². The molecule has 1 aliphatic carbocycles. The largest absolute Gasteiger partial charge is 0.481 e. The molecule has 5 rings (SSSR count). The first-order chi connectivity index (χ1) is 17.0. The standard InChI is InChI=1S/C28H24N2O5/c31-26(32)28(15-16-28)23-12-10-21(11-13-23)20-6-8-22(9-7-20)24-25(29-18-35-24)30-27(33)34-17-14-19-4-2-1-3-5-19/h1-13,18H,14-17H2,(H,30,33)(H,31,32). The maximum atomic E-state index is 12.2. The van der Waals surface area contributed by atoms with Crippen molar-refractivity contribution in [2.45, 2.75) is 24.7 Å². The highest BCUT2D eigenvalue weighted by atomic mass is 16.5. The molecule has 176 valence electrons. The molecular weight excluding hydrogens is 444 g/mol. The van der Waals surface area contributed by atoms with E-state index in [0.717, 1.165) is 27.8 Å². The van der Waals surface area contributed by atoms with Crippen LogP contribution in [0.15, 0.2) is 89.7 Å². The Morgan fingerprint density at radius 3 is 2.17 bits per heavy atom. The van der Waals surface area contributed by atoms with Gasteiger partial charge in [-0.05, 0) is 35.1 Å². The van der Waals surface area contributed by atoms with Crippen molar-refractivity contribution in [2.75, 3.05) is 11.9 Å². The lowest BCUT2D eigenvalue weighted by atomic mass is 9.93. The number of ether oxygens (including phenoxy) is 1. The summed E-state index contributed by atoms with van der Waals surface area (Å²) in [5.74, 6) is -0.0367. The summed E-state index contributed by atoms with van der Waals surface area (Å²) in [4.78, 5) is 27.9. The Morgan fingerprint density at radius 1 is 0.914 bits per heavy atom. The third kappa shape index (κ3) is 4.80. The van der Waals surface area contributed by atoms with E-state index in [4.69, 9.17) is 9.15 Å². The molecular formula is C28H24N2O5. The van der Waals surface area contributed by atoms with Crippen LogP contribution < -0.4 is 5.32 Å². The zero-order valence-corrected chi connectivity index (χ0v) is 18.9. The number of oxazole rings is 1. The van der Waals surface area contributed by atoms with Gasteiger partial charge in [0.25, 0.3) is 0 Å². The van der Waals surface area contributed by atoms with E-state index >= 15 is 0 Å². The first-order valence-electron chi connectivity index (χ1n) is 11.4. The summed E-state index contributed by atoms with van der Waals surface area (Å²) < 4.78 is 10.8. The van der Waals surface area contributed by atoms with Crippen molar-refractivity contribution in [3.05, 3.63) is 96.4 Å². The molecule has 7 heteroatoms. The molecule has 7 nitrogen and oxygen atoms in total. The van der Waals surface area contributed by atoms with Gasteiger partial charge in [-0.3, -0.25) is 10.1 Å². The molecule has 4 aromatic rings. The molecule has 1 aromatic heterocycles. The number of amides is 1. The Morgan fingerprint density at radius 2 is 1.54 bits per heavy atom. The average Bonchev–Trinajstić information content (AvgIpc) is 3.58. The van der Waals surface area contributed by atoms with Crippen LogP contribution in [0.1, 0.15) is 24.0 Å². The minimum absolute atomic E-state index is 0.254. The Balaban J connectivity index is 1.22. The molecule has 1 fully saturated rings. The van der Waals surface area contributed by atoms with Gasteiger partial charge < -0.3 is 14.3 Å². The van der Waals surface area contributed by atoms with Crippen molar-refractivity contribution in [3.63, 3.8) is 0 Å². The molecule has 3 aromatic carbocycles. The Labute approximate surface area is 202 Å². The molecule has 0 radical (unpaired) electrons. The van der Waals surface area contributed by atoms with Gasteiger partial charge in [-0.1, -0.05) is 78.9 Å². The summed E-state index contributed by atoms with van der Waals surface area (Å²) in [6.07, 6.45) is 2.68. The number of carboxylic acid groups (broad SMARTS) is 1. The van der Waals surface area contributed by atoms with Gasteiger partial charge in [-0.2, -0.15) is 4.98 Å². The lowest BCUT2D eigenvalue weighted by Gasteiger charge is -2.11. The monoisotopic (exact) mass is 468 g/mol. The highest BCUT2D eigenvalue weighted by Crippen LogP contribution is 2.48. The summed E-state index contributed by atoms with van der Waals surface area (Å²) in [7, 11) is 0. The number of nitrogens with zero attached hydrogens (tertiary/aromatic N) is 1. The highest BCUT2D eigenvalue weighted by molar-refractivity contribution is 5.88. The fraction of sp³-hybridized carbons (Fsp3) is 0.179. The number of hydrogen-bond acceptors (Lipinski definition) is 5. The van der Waals surface area contributed by atoms with Gasteiger partial charge in [0.2, 0.25) is 0 Å². The Bertz CT molecular complexity index is 1320. The van der Waals surface area contributed by atoms with E-state index in [1.807, 2.05) is 78.9 Å². The van der Waals surface area contributed by atoms with Crippen molar-refractivity contribution >= 4 is 17.9 Å². The number of hydrogen-bond donors (Lipinski definition) is 2. The van der Waals surface area contributed by atoms with Crippen molar-refractivity contribution in [2.24, 2.45) is 0 Å². The quantitative estimate of drug-likeness (QED) is 0.333. The van der Waals surface area contributed by atoms with Crippen molar-refractivity contribution < 1.29 is 23.8 Å². The number of anilines is 1. The fourth-order valence-corrected chi connectivity index (χ4v) is 4.13. The van der Waals surface area contributed by atoms with E-state index in [9.17, 15) is 14.7 Å². The molecule has 1 saturated carbocycles. The average molecular weight is 469 g/mol. The van der Waals surface area contributed by atoms with Gasteiger partial charge in [-0.15, -0.1) is 0 Å². The molecule has 0 bridgehead atoms. The van der Waals surface area contributed by atoms with Gasteiger partial charge in [0.1, 0.15) is 0 Å². The minimum atomic E-state index is -0.758. The number of carboxylic acids is 1. The lowest BCUT2D eigenvalue weighted by molar-refractivity contribution is -0.140. The molecule has 0 aliphatic heterocycles. The molecule has 0 unspecified atom stereocenters. The third-order valence-electron chi connectivity index (χ3n) is 6.33. The van der Waals surface area contributed by atoms with E-state index in [2.05, 4.69) is 10.3 Å². The molecule has 2 N–H and O–H groups in total. The van der Waals surface area contributed by atoms with Crippen LogP contribution in [0.3, 0.4) is 0 Å². The molecule has 0 spiro atoms. The summed E-state index contributed by atoms with van der Waals surface area (Å²) in [5, 5.41) is 12.1. The van der Waals surface area contributed by atoms with Crippen LogP contribution in [-0.4, -0.2) is 28.8 Å². The summed E-state index contributed by atoms with van der Waals surface area (Å²) in [6, 6.07) is 25.1. The van der Waals surface area contributed by atoms with Crippen LogP contribution in [0.4, 0.5) is 10.6 Å². The molecule has 1 aliphatic rings. The minimum Gasteiger partial charge on any atom is -0.481 e. The van der Waals surface area contributed by atoms with E-state index in [1.54, 1.807) is 0 Å². The second-order valence-electron chi connectivity index (χ2n) is 8.57. The molecule has 1 amide bonds. The summed E-state index contributed by atoms with van der Waals surface area (Å²) in [5.41, 5.74) is 3.95. The highest BCUT2D eigenvalue weighted by Gasteiger charge is 2.51. The van der Waals surface area contributed by atoms with E-state index < -0.39 is 17.5 Å². The van der Waals surface area contributed by atoms with Crippen molar-refractivity contribution in [1.29, 1.82) is 0 Å². The first-order valence-corrected chi connectivity index (χ1v) is 11.4. The third-order valence-corrected chi connectivity index (χ3v) is 6.33. The maximum absolute atomic E-state index is 12.2. The Kier molecular flexibility index (Phi) is 6.06. The number of aromatic nitrogens is 1. The van der Waals surface area contributed by atoms with E-state index in [0.29, 0.717) is 25.0 Å². The smallest absolute Gasteiger partial charge is 0.412 e. The number of nitrogens with one attached hydrogen (secondary N) is 1. The SMILES string of the molecule is O=C(Nc1ncoc1-c1ccc(-c2ccc(C3(C(=O)O)CC3)cc2)cc1)OCCc1ccccc1. The van der Waals surface area contributed by atoms with Crippen LogP contribution in [0.2, 0.25) is 0 Å². The first kappa shape index (κ1) is 22.4. The van der Waals surface area contributed by atoms with Gasteiger partial charge in [-0.25, -0.2) is 4.79 Å². The van der Waals surface area contributed by atoms with Gasteiger partial charge >= 0.3 is 12.1 Å². The Hall–Kier alpha value is -4.39. The van der Waals surface area contributed by atoms with Crippen molar-refractivity contribution in [1.82, 2.24) is 4.98 Å². The zero-order valence-electron chi connectivity index (χ0n) is 18.9. The number of carbonyl (C=O) groups excluding carboxylic acids is 1. The summed E-state index contributed by atoms with van der Waals surface area (Å²) >= 11 is 0. The maximum Gasteiger partial charge on any atom is 0.412 e. The van der Waals surface area contributed by atoms with Gasteiger partial charge in [0, 0.05) is 12.0 Å². The van der Waals surface area contributed by atoms with Crippen LogP contribution >= 0.6 is 0 Å². The van der Waals surface area contributed by atoms with Crippen LogP contribution in [-0.2, 0) is 21.4 Å². The molecule has 1 heterocycles. The van der Waals surface area contributed by atoms with E-state index in [-0.39, 0.29) is 12.4 Å². The van der Waals surface area contributed by atoms with Crippen LogP contribution in [0.5, 0.6) is 0 Å². The summed E-state index contributed by atoms with van der Waals surface area (Å²) in [6.45, 7) is 0.254. The normalized spacial score (nSPS) is 13.7. The van der Waals surface area contributed by atoms with Gasteiger partial charge in [0.15, 0.2) is 18.0 Å². The number of aliphatic carboxylic acids is 1. The predicted octanol–water partition coefficient (Wildman–Crippen LogP) is 5.92. The topological polar surface area (TPSA) is 102 Å². The second kappa shape index (κ2) is 9.46. The molecule has 35 heavy (non-hydrogen) atoms. The number of carbonyl (C=O) groups is 2. The fourth-order valence-electron chi connectivity index (χ4n) is 4.13. The molecule has 0 saturated heterocycles. The second-order valence-corrected chi connectivity index (χ2v) is 8.57. The zero-order chi connectivity index (χ0) is 24.3. The number of rotatable bonds is 8. The van der Waals surface area contributed by atoms with Gasteiger partial charge in [0.05, 0.1) is 12.0 Å². The number of benzene rings is 3. The molecule has 0 atom stereocenters.